The number of amides is 2. The van der Waals surface area contributed by atoms with E-state index in [1.54, 1.807) is 6.92 Å². The summed E-state index contributed by atoms with van der Waals surface area (Å²) in [5.41, 5.74) is 1.14. The van der Waals surface area contributed by atoms with Gasteiger partial charge in [-0.3, -0.25) is 14.3 Å². The zero-order valence-corrected chi connectivity index (χ0v) is 14.8. The Labute approximate surface area is 143 Å². The fourth-order valence-corrected chi connectivity index (χ4v) is 4.08. The van der Waals surface area contributed by atoms with Gasteiger partial charge in [0.05, 0.1) is 18.8 Å². The van der Waals surface area contributed by atoms with Crippen molar-refractivity contribution in [3.05, 3.63) is 18.0 Å². The van der Waals surface area contributed by atoms with Crippen LogP contribution in [0.25, 0.3) is 0 Å². The van der Waals surface area contributed by atoms with Gasteiger partial charge in [0.1, 0.15) is 0 Å². The molecule has 0 radical (unpaired) electrons. The van der Waals surface area contributed by atoms with Crippen LogP contribution in [-0.2, 0) is 16.1 Å². The minimum atomic E-state index is 0.0805. The molecule has 0 bridgehead atoms. The Bertz CT molecular complexity index is 598. The molecule has 132 valence electrons. The number of hydrogen-bond donors (Lipinski definition) is 0. The molecule has 0 N–H and O–H groups in total. The van der Waals surface area contributed by atoms with Gasteiger partial charge in [0, 0.05) is 38.7 Å². The lowest BCUT2D eigenvalue weighted by molar-refractivity contribution is -0.137. The van der Waals surface area contributed by atoms with E-state index in [-0.39, 0.29) is 23.9 Å². The molecule has 2 fully saturated rings. The van der Waals surface area contributed by atoms with Gasteiger partial charge in [-0.25, -0.2) is 0 Å². The van der Waals surface area contributed by atoms with Crippen molar-refractivity contribution in [1.29, 1.82) is 0 Å². The fourth-order valence-electron chi connectivity index (χ4n) is 4.08. The van der Waals surface area contributed by atoms with Crippen molar-refractivity contribution in [2.24, 2.45) is 0 Å². The van der Waals surface area contributed by atoms with E-state index in [1.165, 1.54) is 0 Å². The first kappa shape index (κ1) is 17.0. The summed E-state index contributed by atoms with van der Waals surface area (Å²) >= 11 is 0. The van der Waals surface area contributed by atoms with Crippen LogP contribution in [-0.4, -0.2) is 56.6 Å². The maximum atomic E-state index is 12.8. The van der Waals surface area contributed by atoms with Gasteiger partial charge < -0.3 is 9.80 Å². The lowest BCUT2D eigenvalue weighted by Crippen LogP contribution is -2.47. The third kappa shape index (κ3) is 3.79. The first-order valence-electron chi connectivity index (χ1n) is 9.10. The SMILES string of the molecule is CC(=O)N1CCCC[C@@H]1CC(=O)N1CCC[C@@H]1Cn1cc(C)cn1. The number of likely N-dealkylation sites (tertiary alicyclic amines) is 2. The molecule has 2 saturated heterocycles. The highest BCUT2D eigenvalue weighted by Crippen LogP contribution is 2.24. The van der Waals surface area contributed by atoms with Crippen LogP contribution in [0, 0.1) is 6.92 Å². The molecule has 2 aliphatic heterocycles. The van der Waals surface area contributed by atoms with Gasteiger partial charge in [0.2, 0.25) is 11.8 Å². The van der Waals surface area contributed by atoms with Crippen molar-refractivity contribution in [2.75, 3.05) is 13.1 Å². The molecule has 0 aromatic carbocycles. The Kier molecular flexibility index (Phi) is 5.21. The molecule has 3 heterocycles. The molecule has 0 unspecified atom stereocenters. The van der Waals surface area contributed by atoms with Gasteiger partial charge >= 0.3 is 0 Å². The topological polar surface area (TPSA) is 58.4 Å². The number of nitrogens with zero attached hydrogens (tertiary/aromatic N) is 4. The molecule has 0 aliphatic carbocycles. The monoisotopic (exact) mass is 332 g/mol. The summed E-state index contributed by atoms with van der Waals surface area (Å²) in [6, 6.07) is 0.308. The van der Waals surface area contributed by atoms with Crippen molar-refractivity contribution >= 4 is 11.8 Å². The quantitative estimate of drug-likeness (QED) is 0.847. The third-order valence-corrected chi connectivity index (χ3v) is 5.30. The van der Waals surface area contributed by atoms with Crippen LogP contribution in [0.5, 0.6) is 0 Å². The van der Waals surface area contributed by atoms with Gasteiger partial charge in [-0.1, -0.05) is 0 Å². The average molecular weight is 332 g/mol. The zero-order valence-electron chi connectivity index (χ0n) is 14.8. The first-order valence-corrected chi connectivity index (χ1v) is 9.10. The Morgan fingerprint density at radius 3 is 2.58 bits per heavy atom. The predicted octanol–water partition coefficient (Wildman–Crippen LogP) is 1.97. The van der Waals surface area contributed by atoms with E-state index in [4.69, 9.17) is 0 Å². The molecule has 2 aliphatic rings. The summed E-state index contributed by atoms with van der Waals surface area (Å²) in [6.07, 6.45) is 9.54. The van der Waals surface area contributed by atoms with E-state index in [1.807, 2.05) is 33.8 Å². The average Bonchev–Trinajstić information content (AvgIpc) is 3.17. The normalized spacial score (nSPS) is 24.4. The van der Waals surface area contributed by atoms with E-state index in [2.05, 4.69) is 5.10 Å². The summed E-state index contributed by atoms with van der Waals surface area (Å²) in [4.78, 5) is 28.6. The largest absolute Gasteiger partial charge is 0.339 e. The molecule has 3 rings (SSSR count). The van der Waals surface area contributed by atoms with Crippen LogP contribution in [0.3, 0.4) is 0 Å². The van der Waals surface area contributed by atoms with Gasteiger partial charge in [0.15, 0.2) is 0 Å². The van der Waals surface area contributed by atoms with Gasteiger partial charge in [-0.15, -0.1) is 0 Å². The molecule has 2 atom stereocenters. The smallest absolute Gasteiger partial charge is 0.224 e. The molecule has 1 aromatic heterocycles. The van der Waals surface area contributed by atoms with E-state index >= 15 is 0 Å². The van der Waals surface area contributed by atoms with Crippen LogP contribution < -0.4 is 0 Å². The van der Waals surface area contributed by atoms with E-state index in [9.17, 15) is 9.59 Å². The van der Waals surface area contributed by atoms with Crippen LogP contribution in [0.2, 0.25) is 0 Å². The van der Waals surface area contributed by atoms with Crippen LogP contribution in [0.4, 0.5) is 0 Å². The Morgan fingerprint density at radius 1 is 1.12 bits per heavy atom. The summed E-state index contributed by atoms with van der Waals surface area (Å²) in [5.74, 6) is 0.289. The number of rotatable bonds is 4. The van der Waals surface area contributed by atoms with E-state index in [0.29, 0.717) is 6.42 Å². The summed E-state index contributed by atoms with van der Waals surface area (Å²) in [7, 11) is 0. The van der Waals surface area contributed by atoms with Crippen molar-refractivity contribution in [1.82, 2.24) is 19.6 Å². The maximum Gasteiger partial charge on any atom is 0.224 e. The summed E-state index contributed by atoms with van der Waals surface area (Å²) in [5, 5.41) is 4.35. The maximum absolute atomic E-state index is 12.8. The number of aryl methyl sites for hydroxylation is 1. The van der Waals surface area contributed by atoms with Crippen LogP contribution in [0.1, 0.15) is 51.0 Å². The molecule has 1 aromatic rings. The third-order valence-electron chi connectivity index (χ3n) is 5.30. The zero-order chi connectivity index (χ0) is 17.1. The van der Waals surface area contributed by atoms with E-state index < -0.39 is 0 Å². The van der Waals surface area contributed by atoms with Gasteiger partial charge in [-0.05, 0) is 44.6 Å². The molecular formula is C18H28N4O2. The molecular weight excluding hydrogens is 304 g/mol. The Hall–Kier alpha value is -1.85. The number of aromatic nitrogens is 2. The molecule has 2 amide bonds. The minimum absolute atomic E-state index is 0.0805. The second kappa shape index (κ2) is 7.36. The lowest BCUT2D eigenvalue weighted by atomic mass is 9.98. The predicted molar refractivity (Wildman–Crippen MR) is 91.3 cm³/mol. The lowest BCUT2D eigenvalue weighted by Gasteiger charge is -2.36. The summed E-state index contributed by atoms with van der Waals surface area (Å²) in [6.45, 7) is 6.03. The molecule has 6 nitrogen and oxygen atoms in total. The van der Waals surface area contributed by atoms with Crippen molar-refractivity contribution in [3.63, 3.8) is 0 Å². The number of carbonyl (C=O) groups excluding carboxylic acids is 2. The van der Waals surface area contributed by atoms with Gasteiger partial charge in [-0.2, -0.15) is 5.10 Å². The molecule has 6 heteroatoms. The van der Waals surface area contributed by atoms with Crippen LogP contribution in [0.15, 0.2) is 12.4 Å². The van der Waals surface area contributed by atoms with Crippen molar-refractivity contribution < 1.29 is 9.59 Å². The number of hydrogen-bond acceptors (Lipinski definition) is 3. The van der Waals surface area contributed by atoms with E-state index in [0.717, 1.165) is 57.3 Å². The standard InChI is InChI=1S/C18H28N4O2/c1-14-11-19-20(12-14)13-17-7-5-9-22(17)18(24)10-16-6-3-4-8-21(16)15(2)23/h11-12,16-17H,3-10,13H2,1-2H3/t16-,17-/m1/s1. The highest BCUT2D eigenvalue weighted by Gasteiger charge is 2.33. The highest BCUT2D eigenvalue weighted by molar-refractivity contribution is 5.79. The number of piperidine rings is 1. The molecule has 24 heavy (non-hydrogen) atoms. The van der Waals surface area contributed by atoms with Crippen LogP contribution >= 0.6 is 0 Å². The highest BCUT2D eigenvalue weighted by atomic mass is 16.2. The summed E-state index contributed by atoms with van der Waals surface area (Å²) < 4.78 is 1.94. The Morgan fingerprint density at radius 2 is 1.88 bits per heavy atom. The second-order valence-corrected chi connectivity index (χ2v) is 7.19. The Balaban J connectivity index is 1.61. The fraction of sp³-hybridized carbons (Fsp3) is 0.722. The molecule has 0 saturated carbocycles. The number of carbonyl (C=O) groups is 2. The second-order valence-electron chi connectivity index (χ2n) is 7.19. The first-order chi connectivity index (χ1) is 11.5. The van der Waals surface area contributed by atoms with Crippen molar-refractivity contribution in [3.8, 4) is 0 Å². The molecule has 0 spiro atoms. The van der Waals surface area contributed by atoms with Gasteiger partial charge in [0.25, 0.3) is 0 Å². The minimum Gasteiger partial charge on any atom is -0.339 e. The van der Waals surface area contributed by atoms with Crippen molar-refractivity contribution in [2.45, 2.75) is 71.0 Å².